The maximum Gasteiger partial charge on any atom is 0.0875 e. The molecule has 0 aliphatic rings. The molecule has 0 amide bonds. The summed E-state index contributed by atoms with van der Waals surface area (Å²) in [5.41, 5.74) is 12.7. The van der Waals surface area contributed by atoms with Crippen molar-refractivity contribution in [3.8, 4) is 0 Å². The minimum Gasteiger partial charge on any atom is -0.325 e. The molecular formula is C5H14N3. The third-order valence-corrected chi connectivity index (χ3v) is 1.05. The van der Waals surface area contributed by atoms with Gasteiger partial charge >= 0.3 is 0 Å². The molecule has 0 bridgehead atoms. The molecule has 0 aliphatic carbocycles. The fourth-order valence-electron chi connectivity index (χ4n) is 0.470. The van der Waals surface area contributed by atoms with E-state index in [1.807, 2.05) is 21.0 Å². The molecule has 2 atom stereocenters. The van der Waals surface area contributed by atoms with Crippen LogP contribution in [0.25, 0.3) is 0 Å². The number of nitrogens with one attached hydrogen (secondary N) is 1. The van der Waals surface area contributed by atoms with Crippen LogP contribution in [0.15, 0.2) is 0 Å². The first-order valence-corrected chi connectivity index (χ1v) is 2.69. The maximum absolute atomic E-state index is 7.28. The second-order valence-corrected chi connectivity index (χ2v) is 2.27. The third-order valence-electron chi connectivity index (χ3n) is 1.05. The summed E-state index contributed by atoms with van der Waals surface area (Å²) in [6.45, 7) is 1.83. The standard InChI is InChI=1S/C5H14N3/c1-4(6)5(7)8(2)3/h4-5,7H,6H2,1-3H3/t4-,5?/m0/s1. The van der Waals surface area contributed by atoms with E-state index in [9.17, 15) is 0 Å². The molecule has 0 saturated carbocycles. The van der Waals surface area contributed by atoms with Crippen LogP contribution >= 0.6 is 0 Å². The van der Waals surface area contributed by atoms with Gasteiger partial charge in [-0.05, 0) is 21.0 Å². The summed E-state index contributed by atoms with van der Waals surface area (Å²) in [5, 5.41) is 0. The van der Waals surface area contributed by atoms with Crippen LogP contribution in [-0.2, 0) is 0 Å². The van der Waals surface area contributed by atoms with E-state index in [1.54, 1.807) is 4.90 Å². The Morgan fingerprint density at radius 3 is 1.88 bits per heavy atom. The second kappa shape index (κ2) is 3.02. The maximum atomic E-state index is 7.28. The lowest BCUT2D eigenvalue weighted by atomic mass is 10.3. The number of hydrogen-bond donors (Lipinski definition) is 1. The van der Waals surface area contributed by atoms with Crippen molar-refractivity contribution >= 4 is 0 Å². The van der Waals surface area contributed by atoms with E-state index < -0.39 is 0 Å². The van der Waals surface area contributed by atoms with Crippen LogP contribution in [-0.4, -0.2) is 31.2 Å². The Labute approximate surface area is 50.6 Å². The Hall–Kier alpha value is -0.120. The fourth-order valence-corrected chi connectivity index (χ4v) is 0.470. The van der Waals surface area contributed by atoms with E-state index in [1.165, 1.54) is 0 Å². The highest BCUT2D eigenvalue weighted by molar-refractivity contribution is 4.66. The van der Waals surface area contributed by atoms with Crippen LogP contribution in [0.2, 0.25) is 0 Å². The minimum atomic E-state index is -0.269. The van der Waals surface area contributed by atoms with Gasteiger partial charge in [0.25, 0.3) is 0 Å². The average Bonchev–Trinajstić information content (AvgIpc) is 1.64. The highest BCUT2D eigenvalue weighted by atomic mass is 15.2. The van der Waals surface area contributed by atoms with E-state index >= 15 is 0 Å². The van der Waals surface area contributed by atoms with Crippen LogP contribution in [0.1, 0.15) is 6.92 Å². The van der Waals surface area contributed by atoms with Crippen molar-refractivity contribution in [1.82, 2.24) is 10.6 Å². The predicted octanol–water partition coefficient (Wildman–Crippen LogP) is -0.496. The van der Waals surface area contributed by atoms with Gasteiger partial charge in [-0.15, -0.1) is 0 Å². The van der Waals surface area contributed by atoms with E-state index in [0.29, 0.717) is 0 Å². The lowest BCUT2D eigenvalue weighted by Gasteiger charge is -2.21. The van der Waals surface area contributed by atoms with Gasteiger partial charge in [0, 0.05) is 6.04 Å². The summed E-state index contributed by atoms with van der Waals surface area (Å²) in [4.78, 5) is 1.78. The quantitative estimate of drug-likeness (QED) is 0.529. The largest absolute Gasteiger partial charge is 0.325 e. The lowest BCUT2D eigenvalue weighted by Crippen LogP contribution is -2.43. The van der Waals surface area contributed by atoms with Gasteiger partial charge in [-0.1, -0.05) is 0 Å². The monoisotopic (exact) mass is 116 g/mol. The van der Waals surface area contributed by atoms with Crippen molar-refractivity contribution in [2.75, 3.05) is 14.1 Å². The van der Waals surface area contributed by atoms with Crippen molar-refractivity contribution in [2.24, 2.45) is 5.73 Å². The molecule has 0 heterocycles. The summed E-state index contributed by atoms with van der Waals surface area (Å²) in [6.07, 6.45) is -0.269. The second-order valence-electron chi connectivity index (χ2n) is 2.27. The average molecular weight is 116 g/mol. The molecule has 0 fully saturated rings. The Morgan fingerprint density at radius 2 is 1.88 bits per heavy atom. The van der Waals surface area contributed by atoms with Gasteiger partial charge in [-0.2, -0.15) is 0 Å². The third kappa shape index (κ3) is 2.26. The summed E-state index contributed by atoms with van der Waals surface area (Å²) in [7, 11) is 3.70. The summed E-state index contributed by atoms with van der Waals surface area (Å²) < 4.78 is 0. The minimum absolute atomic E-state index is 0.0648. The van der Waals surface area contributed by atoms with Gasteiger partial charge in [0.05, 0.1) is 6.17 Å². The molecule has 0 rings (SSSR count). The smallest absolute Gasteiger partial charge is 0.0875 e. The molecule has 1 radical (unpaired) electrons. The van der Waals surface area contributed by atoms with Gasteiger partial charge in [-0.3, -0.25) is 4.90 Å². The molecule has 0 spiro atoms. The van der Waals surface area contributed by atoms with Crippen LogP contribution in [0.3, 0.4) is 0 Å². The highest BCUT2D eigenvalue weighted by Gasteiger charge is 2.09. The molecule has 0 aromatic rings. The zero-order chi connectivity index (χ0) is 6.73. The molecule has 1 unspecified atom stereocenters. The van der Waals surface area contributed by atoms with Crippen molar-refractivity contribution in [3.05, 3.63) is 0 Å². The molecule has 0 aliphatic heterocycles. The fraction of sp³-hybridized carbons (Fsp3) is 1.00. The zero-order valence-corrected chi connectivity index (χ0v) is 5.68. The Bertz CT molecular complexity index is 52.7. The first-order chi connectivity index (χ1) is 3.55. The van der Waals surface area contributed by atoms with Gasteiger partial charge in [0.15, 0.2) is 0 Å². The molecule has 49 valence electrons. The SMILES string of the molecule is C[C@H](N)C([NH])N(C)C. The zero-order valence-electron chi connectivity index (χ0n) is 5.68. The summed E-state index contributed by atoms with van der Waals surface area (Å²) in [5.74, 6) is 0. The van der Waals surface area contributed by atoms with Crippen LogP contribution in [0.4, 0.5) is 0 Å². The predicted molar refractivity (Wildman–Crippen MR) is 34.2 cm³/mol. The molecule has 3 nitrogen and oxygen atoms in total. The van der Waals surface area contributed by atoms with Crippen molar-refractivity contribution in [2.45, 2.75) is 19.1 Å². The van der Waals surface area contributed by atoms with Gasteiger partial charge in [-0.25, -0.2) is 5.73 Å². The molecule has 0 saturated heterocycles. The molecule has 0 aromatic carbocycles. The number of nitrogens with zero attached hydrogens (tertiary/aromatic N) is 1. The molecule has 3 N–H and O–H groups in total. The molecule has 8 heavy (non-hydrogen) atoms. The van der Waals surface area contributed by atoms with Crippen LogP contribution in [0, 0.1) is 0 Å². The van der Waals surface area contributed by atoms with E-state index in [0.717, 1.165) is 0 Å². The molecule has 3 heteroatoms. The number of rotatable bonds is 2. The number of hydrogen-bond acceptors (Lipinski definition) is 2. The lowest BCUT2D eigenvalue weighted by molar-refractivity contribution is 0.260. The first kappa shape index (κ1) is 7.88. The summed E-state index contributed by atoms with van der Waals surface area (Å²) in [6, 6.07) is -0.0648. The van der Waals surface area contributed by atoms with Crippen molar-refractivity contribution in [1.29, 1.82) is 0 Å². The van der Waals surface area contributed by atoms with Gasteiger partial charge < -0.3 is 5.73 Å². The topological polar surface area (TPSA) is 53.1 Å². The highest BCUT2D eigenvalue weighted by Crippen LogP contribution is 1.89. The normalized spacial score (nSPS) is 18.8. The van der Waals surface area contributed by atoms with Gasteiger partial charge in [0.2, 0.25) is 0 Å². The Kier molecular flexibility index (Phi) is 2.97. The van der Waals surface area contributed by atoms with E-state index in [4.69, 9.17) is 11.5 Å². The van der Waals surface area contributed by atoms with Crippen LogP contribution < -0.4 is 11.5 Å². The number of likely N-dealkylation sites (N-methyl/N-ethyl adjacent to an activating group) is 1. The van der Waals surface area contributed by atoms with E-state index in [2.05, 4.69) is 0 Å². The molecule has 0 aromatic heterocycles. The number of nitrogens with two attached hydrogens (primary N) is 1. The Morgan fingerprint density at radius 1 is 1.50 bits per heavy atom. The molecular weight excluding hydrogens is 102 g/mol. The van der Waals surface area contributed by atoms with Crippen LogP contribution in [0.5, 0.6) is 0 Å². The van der Waals surface area contributed by atoms with Crippen molar-refractivity contribution < 1.29 is 0 Å². The van der Waals surface area contributed by atoms with E-state index in [-0.39, 0.29) is 12.2 Å². The first-order valence-electron chi connectivity index (χ1n) is 2.69. The van der Waals surface area contributed by atoms with Crippen molar-refractivity contribution in [3.63, 3.8) is 0 Å². The van der Waals surface area contributed by atoms with Gasteiger partial charge in [0.1, 0.15) is 0 Å². The summed E-state index contributed by atoms with van der Waals surface area (Å²) >= 11 is 0. The Balaban J connectivity index is 3.46.